The summed E-state index contributed by atoms with van der Waals surface area (Å²) in [6.45, 7) is 13.7. The van der Waals surface area contributed by atoms with Gasteiger partial charge >= 0.3 is 0 Å². The Balaban J connectivity index is 1.78. The molecule has 3 unspecified atom stereocenters. The third-order valence-electron chi connectivity index (χ3n) is 4.79. The number of hydrogen-bond acceptors (Lipinski definition) is 3. The van der Waals surface area contributed by atoms with Gasteiger partial charge in [-0.3, -0.25) is 0 Å². The highest BCUT2D eigenvalue weighted by atomic mass is 16.5. The van der Waals surface area contributed by atoms with Gasteiger partial charge in [-0.2, -0.15) is 0 Å². The second kappa shape index (κ2) is 6.55. The Hall–Kier alpha value is -0.120. The molecule has 2 saturated heterocycles. The predicted octanol–water partition coefficient (Wildman–Crippen LogP) is 2.65. The molecule has 0 aliphatic carbocycles. The molecule has 0 bridgehead atoms. The molecular weight excluding hydrogens is 236 g/mol. The molecule has 3 heteroatoms. The molecule has 0 aromatic carbocycles. The van der Waals surface area contributed by atoms with Crippen molar-refractivity contribution in [2.24, 2.45) is 5.92 Å². The van der Waals surface area contributed by atoms with E-state index in [1.54, 1.807) is 0 Å². The molecule has 2 aliphatic heterocycles. The van der Waals surface area contributed by atoms with Gasteiger partial charge in [-0.1, -0.05) is 6.92 Å². The van der Waals surface area contributed by atoms with Crippen LogP contribution in [0.15, 0.2) is 0 Å². The lowest BCUT2D eigenvalue weighted by Crippen LogP contribution is -2.46. The van der Waals surface area contributed by atoms with Crippen molar-refractivity contribution in [3.8, 4) is 0 Å². The summed E-state index contributed by atoms with van der Waals surface area (Å²) < 4.78 is 6.14. The first kappa shape index (κ1) is 15.3. The fraction of sp³-hybridized carbons (Fsp3) is 1.00. The summed E-state index contributed by atoms with van der Waals surface area (Å²) in [4.78, 5) is 2.63. The lowest BCUT2D eigenvalue weighted by molar-refractivity contribution is -0.0337. The minimum absolute atomic E-state index is 0.108. The monoisotopic (exact) mass is 268 g/mol. The van der Waals surface area contributed by atoms with Crippen LogP contribution in [0.4, 0.5) is 0 Å². The maximum Gasteiger partial charge on any atom is 0.0710 e. The lowest BCUT2D eigenvalue weighted by Gasteiger charge is -2.37. The smallest absolute Gasteiger partial charge is 0.0710 e. The topological polar surface area (TPSA) is 24.5 Å². The van der Waals surface area contributed by atoms with Gasteiger partial charge in [-0.05, 0) is 65.5 Å². The molecule has 0 radical (unpaired) electrons. The Morgan fingerprint density at radius 2 is 2.16 bits per heavy atom. The van der Waals surface area contributed by atoms with Crippen molar-refractivity contribution in [3.63, 3.8) is 0 Å². The fourth-order valence-electron chi connectivity index (χ4n) is 3.65. The number of ether oxygens (including phenoxy) is 1. The molecule has 0 saturated carbocycles. The second-order valence-electron chi connectivity index (χ2n) is 7.05. The average Bonchev–Trinajstić information content (AvgIpc) is 2.69. The van der Waals surface area contributed by atoms with E-state index in [1.165, 1.54) is 38.8 Å². The van der Waals surface area contributed by atoms with Crippen LogP contribution in [0.1, 0.15) is 53.4 Å². The molecule has 0 aromatic heterocycles. The Morgan fingerprint density at radius 1 is 1.37 bits per heavy atom. The molecule has 0 aromatic rings. The molecule has 0 amide bonds. The van der Waals surface area contributed by atoms with Crippen molar-refractivity contribution in [2.45, 2.75) is 71.1 Å². The van der Waals surface area contributed by atoms with Gasteiger partial charge in [0.15, 0.2) is 0 Å². The van der Waals surface area contributed by atoms with Crippen LogP contribution in [0.5, 0.6) is 0 Å². The van der Waals surface area contributed by atoms with Gasteiger partial charge in [-0.15, -0.1) is 0 Å². The van der Waals surface area contributed by atoms with Crippen LogP contribution in [0.25, 0.3) is 0 Å². The highest BCUT2D eigenvalue weighted by Gasteiger charge is 2.33. The first-order valence-corrected chi connectivity index (χ1v) is 8.14. The molecular formula is C16H32N2O. The quantitative estimate of drug-likeness (QED) is 0.829. The van der Waals surface area contributed by atoms with Crippen LogP contribution < -0.4 is 5.32 Å². The Bertz CT molecular complexity index is 280. The zero-order valence-electron chi connectivity index (χ0n) is 13.2. The van der Waals surface area contributed by atoms with E-state index in [-0.39, 0.29) is 5.60 Å². The summed E-state index contributed by atoms with van der Waals surface area (Å²) in [6.07, 6.45) is 5.63. The van der Waals surface area contributed by atoms with Crippen LogP contribution in [-0.4, -0.2) is 48.8 Å². The highest BCUT2D eigenvalue weighted by Crippen LogP contribution is 2.30. The number of likely N-dealkylation sites (tertiary alicyclic amines) is 1. The first-order valence-electron chi connectivity index (χ1n) is 8.14. The Morgan fingerprint density at radius 3 is 2.79 bits per heavy atom. The van der Waals surface area contributed by atoms with Gasteiger partial charge in [0.1, 0.15) is 0 Å². The first-order chi connectivity index (χ1) is 9.00. The standard InChI is InChI=1S/C16H32N2O/c1-5-17-13(2)14-7-6-10-18(11-14)12-15-8-9-16(3,4)19-15/h13-15,17H,5-12H2,1-4H3. The maximum atomic E-state index is 6.14. The molecule has 3 nitrogen and oxygen atoms in total. The summed E-state index contributed by atoms with van der Waals surface area (Å²) in [6, 6.07) is 0.647. The number of piperidine rings is 1. The molecule has 2 fully saturated rings. The van der Waals surface area contributed by atoms with E-state index in [4.69, 9.17) is 4.74 Å². The lowest BCUT2D eigenvalue weighted by atomic mass is 9.91. The van der Waals surface area contributed by atoms with E-state index in [0.29, 0.717) is 12.1 Å². The fourth-order valence-corrected chi connectivity index (χ4v) is 3.65. The minimum Gasteiger partial charge on any atom is -0.371 e. The van der Waals surface area contributed by atoms with Gasteiger partial charge in [0, 0.05) is 19.1 Å². The van der Waals surface area contributed by atoms with Gasteiger partial charge in [0.05, 0.1) is 11.7 Å². The molecule has 2 rings (SSSR count). The SMILES string of the molecule is CCNC(C)C1CCCN(CC2CCC(C)(C)O2)C1. The molecule has 112 valence electrons. The van der Waals surface area contributed by atoms with E-state index in [0.717, 1.165) is 19.0 Å². The number of nitrogens with zero attached hydrogens (tertiary/aromatic N) is 1. The highest BCUT2D eigenvalue weighted by molar-refractivity contribution is 4.85. The van der Waals surface area contributed by atoms with Crippen LogP contribution in [0.2, 0.25) is 0 Å². The normalized spacial score (nSPS) is 33.5. The van der Waals surface area contributed by atoms with Gasteiger partial charge < -0.3 is 15.0 Å². The van der Waals surface area contributed by atoms with Crippen molar-refractivity contribution in [1.29, 1.82) is 0 Å². The van der Waals surface area contributed by atoms with E-state index in [1.807, 2.05) is 0 Å². The molecule has 3 atom stereocenters. The number of rotatable bonds is 5. The van der Waals surface area contributed by atoms with E-state index < -0.39 is 0 Å². The molecule has 2 heterocycles. The van der Waals surface area contributed by atoms with E-state index in [9.17, 15) is 0 Å². The molecule has 19 heavy (non-hydrogen) atoms. The van der Waals surface area contributed by atoms with Crippen LogP contribution >= 0.6 is 0 Å². The van der Waals surface area contributed by atoms with Crippen LogP contribution in [0.3, 0.4) is 0 Å². The van der Waals surface area contributed by atoms with Crippen molar-refractivity contribution in [2.75, 3.05) is 26.2 Å². The van der Waals surface area contributed by atoms with Gasteiger partial charge in [0.25, 0.3) is 0 Å². The zero-order chi connectivity index (χ0) is 13.9. The molecule has 2 aliphatic rings. The van der Waals surface area contributed by atoms with E-state index in [2.05, 4.69) is 37.9 Å². The molecule has 0 spiro atoms. The Labute approximate surface area is 119 Å². The van der Waals surface area contributed by atoms with E-state index >= 15 is 0 Å². The van der Waals surface area contributed by atoms with Gasteiger partial charge in [-0.25, -0.2) is 0 Å². The van der Waals surface area contributed by atoms with Gasteiger partial charge in [0.2, 0.25) is 0 Å². The Kier molecular flexibility index (Phi) is 5.27. The number of nitrogens with one attached hydrogen (secondary N) is 1. The maximum absolute atomic E-state index is 6.14. The van der Waals surface area contributed by atoms with Crippen molar-refractivity contribution >= 4 is 0 Å². The van der Waals surface area contributed by atoms with Crippen molar-refractivity contribution in [3.05, 3.63) is 0 Å². The largest absolute Gasteiger partial charge is 0.371 e. The van der Waals surface area contributed by atoms with Crippen molar-refractivity contribution < 1.29 is 4.74 Å². The third kappa shape index (κ3) is 4.44. The average molecular weight is 268 g/mol. The zero-order valence-corrected chi connectivity index (χ0v) is 13.2. The second-order valence-corrected chi connectivity index (χ2v) is 7.05. The summed E-state index contributed by atoms with van der Waals surface area (Å²) in [5.74, 6) is 0.808. The summed E-state index contributed by atoms with van der Waals surface area (Å²) in [5, 5.41) is 3.58. The third-order valence-corrected chi connectivity index (χ3v) is 4.79. The summed E-state index contributed by atoms with van der Waals surface area (Å²) in [5.41, 5.74) is 0.108. The number of hydrogen-bond donors (Lipinski definition) is 1. The summed E-state index contributed by atoms with van der Waals surface area (Å²) >= 11 is 0. The summed E-state index contributed by atoms with van der Waals surface area (Å²) in [7, 11) is 0. The van der Waals surface area contributed by atoms with Crippen LogP contribution in [0, 0.1) is 5.92 Å². The van der Waals surface area contributed by atoms with Crippen molar-refractivity contribution in [1.82, 2.24) is 10.2 Å². The minimum atomic E-state index is 0.108. The molecule has 1 N–H and O–H groups in total. The van der Waals surface area contributed by atoms with Crippen LogP contribution in [-0.2, 0) is 4.74 Å². The predicted molar refractivity (Wildman–Crippen MR) is 80.5 cm³/mol.